The molecule has 0 unspecified atom stereocenters. The minimum atomic E-state index is 0.220. The summed E-state index contributed by atoms with van der Waals surface area (Å²) in [6.45, 7) is 2.61. The predicted molar refractivity (Wildman–Crippen MR) is 51.7 cm³/mol. The van der Waals surface area contributed by atoms with Gasteiger partial charge in [-0.15, -0.1) is 0 Å². The lowest BCUT2D eigenvalue weighted by Crippen LogP contribution is -2.17. The molecular formula is C10H16N2. The summed E-state index contributed by atoms with van der Waals surface area (Å²) in [6.07, 6.45) is 0.924. The maximum Gasteiger partial charge on any atom is 0.0178 e. The lowest BCUT2D eigenvalue weighted by molar-refractivity contribution is 0.737. The fourth-order valence-corrected chi connectivity index (χ4v) is 1.26. The second kappa shape index (κ2) is 4.24. The van der Waals surface area contributed by atoms with Crippen LogP contribution in [0.2, 0.25) is 0 Å². The normalized spacial score (nSPS) is 12.9. The SMILES string of the molecule is C[C@@H](N)Cc1cccc(CN)c1. The van der Waals surface area contributed by atoms with Crippen molar-refractivity contribution in [3.05, 3.63) is 35.4 Å². The summed E-state index contributed by atoms with van der Waals surface area (Å²) in [5, 5.41) is 0. The van der Waals surface area contributed by atoms with Crippen LogP contribution in [0.25, 0.3) is 0 Å². The highest BCUT2D eigenvalue weighted by Crippen LogP contribution is 2.06. The van der Waals surface area contributed by atoms with E-state index in [0.29, 0.717) is 6.54 Å². The Hall–Kier alpha value is -0.860. The quantitative estimate of drug-likeness (QED) is 0.701. The van der Waals surface area contributed by atoms with E-state index in [0.717, 1.165) is 6.42 Å². The molecule has 0 radical (unpaired) electrons. The minimum Gasteiger partial charge on any atom is -0.328 e. The van der Waals surface area contributed by atoms with Gasteiger partial charge in [-0.3, -0.25) is 0 Å². The van der Waals surface area contributed by atoms with Crippen molar-refractivity contribution in [1.29, 1.82) is 0 Å². The van der Waals surface area contributed by atoms with Crippen LogP contribution in [0.1, 0.15) is 18.1 Å². The van der Waals surface area contributed by atoms with Crippen molar-refractivity contribution in [2.24, 2.45) is 11.5 Å². The molecule has 0 amide bonds. The van der Waals surface area contributed by atoms with E-state index < -0.39 is 0 Å². The van der Waals surface area contributed by atoms with Gasteiger partial charge in [-0.05, 0) is 24.5 Å². The molecule has 12 heavy (non-hydrogen) atoms. The molecule has 0 fully saturated rings. The molecule has 1 aromatic carbocycles. The zero-order chi connectivity index (χ0) is 8.97. The molecule has 0 saturated carbocycles. The van der Waals surface area contributed by atoms with Gasteiger partial charge in [0.1, 0.15) is 0 Å². The van der Waals surface area contributed by atoms with Gasteiger partial charge in [-0.1, -0.05) is 24.3 Å². The first-order chi connectivity index (χ1) is 5.72. The Morgan fingerprint density at radius 1 is 1.33 bits per heavy atom. The average molecular weight is 164 g/mol. The number of benzene rings is 1. The van der Waals surface area contributed by atoms with E-state index in [1.807, 2.05) is 19.1 Å². The zero-order valence-corrected chi connectivity index (χ0v) is 7.46. The van der Waals surface area contributed by atoms with E-state index in [1.54, 1.807) is 0 Å². The van der Waals surface area contributed by atoms with Crippen molar-refractivity contribution < 1.29 is 0 Å². The molecule has 0 saturated heterocycles. The summed E-state index contributed by atoms with van der Waals surface area (Å²) in [5.41, 5.74) is 13.6. The van der Waals surface area contributed by atoms with Gasteiger partial charge in [-0.25, -0.2) is 0 Å². The van der Waals surface area contributed by atoms with Gasteiger partial charge in [0.15, 0.2) is 0 Å². The monoisotopic (exact) mass is 164 g/mol. The van der Waals surface area contributed by atoms with Crippen LogP contribution in [-0.4, -0.2) is 6.04 Å². The van der Waals surface area contributed by atoms with Crippen LogP contribution in [0.15, 0.2) is 24.3 Å². The van der Waals surface area contributed by atoms with Crippen LogP contribution in [0.3, 0.4) is 0 Å². The van der Waals surface area contributed by atoms with Crippen LogP contribution < -0.4 is 11.5 Å². The highest BCUT2D eigenvalue weighted by atomic mass is 14.6. The molecule has 0 aromatic heterocycles. The summed E-state index contributed by atoms with van der Waals surface area (Å²) in [6, 6.07) is 8.48. The van der Waals surface area contributed by atoms with Crippen molar-refractivity contribution in [2.75, 3.05) is 0 Å². The summed E-state index contributed by atoms with van der Waals surface area (Å²) in [5.74, 6) is 0. The third kappa shape index (κ3) is 2.64. The maximum absolute atomic E-state index is 5.68. The Morgan fingerprint density at radius 2 is 2.00 bits per heavy atom. The minimum absolute atomic E-state index is 0.220. The molecule has 66 valence electrons. The lowest BCUT2D eigenvalue weighted by atomic mass is 10.1. The third-order valence-electron chi connectivity index (χ3n) is 1.78. The fourth-order valence-electron chi connectivity index (χ4n) is 1.26. The van der Waals surface area contributed by atoms with E-state index in [9.17, 15) is 0 Å². The first-order valence-corrected chi connectivity index (χ1v) is 4.26. The third-order valence-corrected chi connectivity index (χ3v) is 1.78. The predicted octanol–water partition coefficient (Wildman–Crippen LogP) is 1.04. The van der Waals surface area contributed by atoms with Crippen molar-refractivity contribution >= 4 is 0 Å². The first-order valence-electron chi connectivity index (χ1n) is 4.26. The van der Waals surface area contributed by atoms with Gasteiger partial charge in [0.25, 0.3) is 0 Å². The van der Waals surface area contributed by atoms with E-state index >= 15 is 0 Å². The van der Waals surface area contributed by atoms with Gasteiger partial charge in [-0.2, -0.15) is 0 Å². The molecule has 0 aliphatic carbocycles. The van der Waals surface area contributed by atoms with Gasteiger partial charge < -0.3 is 11.5 Å². The lowest BCUT2D eigenvalue weighted by Gasteiger charge is -2.06. The number of nitrogens with two attached hydrogens (primary N) is 2. The van der Waals surface area contributed by atoms with Crippen LogP contribution in [0.4, 0.5) is 0 Å². The van der Waals surface area contributed by atoms with Gasteiger partial charge in [0.05, 0.1) is 0 Å². The van der Waals surface area contributed by atoms with Crippen molar-refractivity contribution in [3.63, 3.8) is 0 Å². The molecule has 4 N–H and O–H groups in total. The summed E-state index contributed by atoms with van der Waals surface area (Å²) in [4.78, 5) is 0. The molecule has 2 nitrogen and oxygen atoms in total. The Bertz CT molecular complexity index is 243. The van der Waals surface area contributed by atoms with Crippen molar-refractivity contribution in [1.82, 2.24) is 0 Å². The highest BCUT2D eigenvalue weighted by Gasteiger charge is 1.97. The Morgan fingerprint density at radius 3 is 2.58 bits per heavy atom. The van der Waals surface area contributed by atoms with Crippen LogP contribution in [-0.2, 0) is 13.0 Å². The summed E-state index contributed by atoms with van der Waals surface area (Å²) < 4.78 is 0. The highest BCUT2D eigenvalue weighted by molar-refractivity contribution is 5.23. The standard InChI is InChI=1S/C10H16N2/c1-8(12)5-9-3-2-4-10(6-9)7-11/h2-4,6,8H,5,7,11-12H2,1H3/t8-/m1/s1. The fraction of sp³-hybridized carbons (Fsp3) is 0.400. The molecule has 1 rings (SSSR count). The summed E-state index contributed by atoms with van der Waals surface area (Å²) in [7, 11) is 0. The molecule has 1 atom stereocenters. The van der Waals surface area contributed by atoms with Gasteiger partial charge in [0.2, 0.25) is 0 Å². The van der Waals surface area contributed by atoms with Crippen LogP contribution >= 0.6 is 0 Å². The Kier molecular flexibility index (Phi) is 3.26. The van der Waals surface area contributed by atoms with Gasteiger partial charge >= 0.3 is 0 Å². The molecule has 0 aliphatic rings. The van der Waals surface area contributed by atoms with E-state index in [-0.39, 0.29) is 6.04 Å². The van der Waals surface area contributed by atoms with E-state index in [1.165, 1.54) is 11.1 Å². The van der Waals surface area contributed by atoms with E-state index in [2.05, 4.69) is 12.1 Å². The van der Waals surface area contributed by atoms with Crippen molar-refractivity contribution in [3.8, 4) is 0 Å². The van der Waals surface area contributed by atoms with Gasteiger partial charge in [0, 0.05) is 12.6 Å². The molecule has 0 aliphatic heterocycles. The molecule has 2 heteroatoms. The molecule has 0 bridgehead atoms. The maximum atomic E-state index is 5.68. The Balaban J connectivity index is 2.72. The first kappa shape index (κ1) is 9.23. The number of hydrogen-bond donors (Lipinski definition) is 2. The molecular weight excluding hydrogens is 148 g/mol. The van der Waals surface area contributed by atoms with Crippen LogP contribution in [0, 0.1) is 0 Å². The van der Waals surface area contributed by atoms with E-state index in [4.69, 9.17) is 11.5 Å². The molecule has 0 heterocycles. The summed E-state index contributed by atoms with van der Waals surface area (Å²) >= 11 is 0. The largest absolute Gasteiger partial charge is 0.328 e. The number of rotatable bonds is 3. The average Bonchev–Trinajstić information content (AvgIpc) is 2.03. The second-order valence-electron chi connectivity index (χ2n) is 3.21. The second-order valence-corrected chi connectivity index (χ2v) is 3.21. The zero-order valence-electron chi connectivity index (χ0n) is 7.46. The Labute approximate surface area is 73.6 Å². The molecule has 0 spiro atoms. The van der Waals surface area contributed by atoms with Crippen molar-refractivity contribution in [2.45, 2.75) is 25.9 Å². The smallest absolute Gasteiger partial charge is 0.0178 e. The molecule has 1 aromatic rings. The topological polar surface area (TPSA) is 52.0 Å². The van der Waals surface area contributed by atoms with Crippen LogP contribution in [0.5, 0.6) is 0 Å². The number of hydrogen-bond acceptors (Lipinski definition) is 2.